The molecule has 0 saturated heterocycles. The van der Waals surface area contributed by atoms with Crippen LogP contribution in [0.4, 0.5) is 21.0 Å². The lowest BCUT2D eigenvalue weighted by atomic mass is 10.0. The maximum Gasteiger partial charge on any atom is 0.411 e. The molecule has 4 aromatic rings. The molecule has 1 aliphatic rings. The van der Waals surface area contributed by atoms with Gasteiger partial charge in [-0.2, -0.15) is 0 Å². The van der Waals surface area contributed by atoms with Gasteiger partial charge in [-0.15, -0.1) is 0 Å². The van der Waals surface area contributed by atoms with Gasteiger partial charge in [-0.25, -0.2) is 22.8 Å². The maximum atomic E-state index is 13.1. The number of pyridine rings is 1. The Morgan fingerprint density at radius 3 is 2.36 bits per heavy atom. The van der Waals surface area contributed by atoms with Gasteiger partial charge in [0.2, 0.25) is 0 Å². The van der Waals surface area contributed by atoms with E-state index in [2.05, 4.69) is 15.6 Å². The molecule has 1 fully saturated rings. The molecule has 1 atom stereocenters. The molecule has 4 N–H and O–H groups in total. The molecule has 3 aromatic carbocycles. The molecule has 264 valence electrons. The van der Waals surface area contributed by atoms with Crippen LogP contribution in [-0.4, -0.2) is 66.1 Å². The fourth-order valence-corrected chi connectivity index (χ4v) is 7.16. The lowest BCUT2D eigenvalue weighted by Crippen LogP contribution is -2.34. The molecule has 2 amide bonds. The number of fused-ring (bicyclic) bond motifs is 1. The SMILES string of the molecule is CN(Cc1cc(NC(=O)OCCc2ccc(C(Nc3ccc4cc[nH]c(=O)c4c3)C(=O)O)cc2)ccc1S(=O)(=O)C1CC1)C(=O)OC(C)(C)C. The molecule has 1 aromatic heterocycles. The number of ether oxygens (including phenoxy) is 2. The van der Waals surface area contributed by atoms with Crippen LogP contribution in [0.15, 0.2) is 82.6 Å². The average Bonchev–Trinajstić information content (AvgIpc) is 3.90. The highest BCUT2D eigenvalue weighted by molar-refractivity contribution is 7.92. The number of nitrogens with one attached hydrogen (secondary N) is 3. The Hall–Kier alpha value is -5.37. The van der Waals surface area contributed by atoms with Gasteiger partial charge in [-0.3, -0.25) is 10.1 Å². The smallest absolute Gasteiger partial charge is 0.411 e. The molecule has 0 spiro atoms. The van der Waals surface area contributed by atoms with E-state index < -0.39 is 44.9 Å². The highest BCUT2D eigenvalue weighted by Gasteiger charge is 2.38. The van der Waals surface area contributed by atoms with Crippen LogP contribution in [-0.2, 0) is 37.1 Å². The first-order chi connectivity index (χ1) is 23.6. The summed E-state index contributed by atoms with van der Waals surface area (Å²) >= 11 is 0. The first kappa shape index (κ1) is 35.9. The van der Waals surface area contributed by atoms with E-state index in [0.717, 1.165) is 10.9 Å². The van der Waals surface area contributed by atoms with Crippen molar-refractivity contribution in [1.82, 2.24) is 9.88 Å². The number of aromatic amines is 1. The van der Waals surface area contributed by atoms with Crippen LogP contribution in [0.1, 0.15) is 56.3 Å². The topological polar surface area (TPSA) is 184 Å². The van der Waals surface area contributed by atoms with Crippen LogP contribution in [0.25, 0.3) is 10.8 Å². The third-order valence-corrected chi connectivity index (χ3v) is 10.3. The molecule has 1 saturated carbocycles. The van der Waals surface area contributed by atoms with Gasteiger partial charge < -0.3 is 29.8 Å². The fourth-order valence-electron chi connectivity index (χ4n) is 5.30. The molecule has 50 heavy (non-hydrogen) atoms. The van der Waals surface area contributed by atoms with Gasteiger partial charge in [0.1, 0.15) is 5.60 Å². The van der Waals surface area contributed by atoms with Gasteiger partial charge in [-0.1, -0.05) is 30.3 Å². The lowest BCUT2D eigenvalue weighted by molar-refractivity contribution is -0.138. The number of carbonyl (C=O) groups is 3. The van der Waals surface area contributed by atoms with Crippen LogP contribution in [0.3, 0.4) is 0 Å². The van der Waals surface area contributed by atoms with Crippen molar-refractivity contribution >= 4 is 50.1 Å². The summed E-state index contributed by atoms with van der Waals surface area (Å²) in [5.74, 6) is -1.10. The fraction of sp³-hybridized carbons (Fsp3) is 0.333. The maximum absolute atomic E-state index is 13.1. The second-order valence-electron chi connectivity index (χ2n) is 13.2. The van der Waals surface area contributed by atoms with Crippen molar-refractivity contribution in [2.75, 3.05) is 24.3 Å². The Balaban J connectivity index is 1.19. The number of anilines is 2. The normalized spacial score (nSPS) is 13.7. The number of hydrogen-bond donors (Lipinski definition) is 4. The average molecular weight is 705 g/mol. The molecule has 0 bridgehead atoms. The van der Waals surface area contributed by atoms with E-state index in [1.165, 1.54) is 30.1 Å². The largest absolute Gasteiger partial charge is 0.479 e. The van der Waals surface area contributed by atoms with Gasteiger partial charge in [0.25, 0.3) is 5.56 Å². The Labute approximate surface area is 289 Å². The van der Waals surface area contributed by atoms with Crippen LogP contribution in [0.5, 0.6) is 0 Å². The second-order valence-corrected chi connectivity index (χ2v) is 15.4. The zero-order valence-corrected chi connectivity index (χ0v) is 29.0. The number of sulfone groups is 1. The number of carbonyl (C=O) groups excluding carboxylic acids is 2. The quantitative estimate of drug-likeness (QED) is 0.139. The van der Waals surface area contributed by atoms with Gasteiger partial charge in [0.15, 0.2) is 15.9 Å². The number of aromatic nitrogens is 1. The van der Waals surface area contributed by atoms with E-state index in [4.69, 9.17) is 9.47 Å². The molecule has 0 radical (unpaired) electrons. The predicted octanol–water partition coefficient (Wildman–Crippen LogP) is 5.86. The van der Waals surface area contributed by atoms with Crippen molar-refractivity contribution in [2.24, 2.45) is 0 Å². The highest BCUT2D eigenvalue weighted by Crippen LogP contribution is 2.36. The van der Waals surface area contributed by atoms with Crippen molar-refractivity contribution in [3.8, 4) is 0 Å². The van der Waals surface area contributed by atoms with Crippen LogP contribution in [0, 0.1) is 0 Å². The van der Waals surface area contributed by atoms with E-state index in [-0.39, 0.29) is 23.6 Å². The Kier molecular flexibility index (Phi) is 10.5. The molecule has 1 unspecified atom stereocenters. The Morgan fingerprint density at radius 1 is 1.00 bits per heavy atom. The standard InChI is InChI=1S/C36H40N4O9S/c1-36(2,3)49-35(45)40(4)21-25-19-26(11-14-30(25)50(46,47)28-12-13-28)39-34(44)48-18-16-22-5-7-24(8-6-22)31(33(42)43)38-27-10-9-23-15-17-37-32(41)29(23)20-27/h5-11,14-15,17,19-20,28,31,38H,12-13,16,18,21H2,1-4H3,(H,37,41)(H,39,44)(H,42,43). The number of H-pyrrole nitrogens is 1. The minimum absolute atomic E-state index is 0.0137. The monoisotopic (exact) mass is 704 g/mol. The zero-order valence-electron chi connectivity index (χ0n) is 28.2. The summed E-state index contributed by atoms with van der Waals surface area (Å²) in [6.07, 6.45) is 1.67. The Morgan fingerprint density at radius 2 is 1.70 bits per heavy atom. The summed E-state index contributed by atoms with van der Waals surface area (Å²) in [5.41, 5.74) is 1.39. The summed E-state index contributed by atoms with van der Waals surface area (Å²) in [6, 6.07) is 17.0. The van der Waals surface area contributed by atoms with Gasteiger partial charge >= 0.3 is 18.2 Å². The van der Waals surface area contributed by atoms with Gasteiger partial charge in [-0.05, 0) is 92.1 Å². The van der Waals surface area contributed by atoms with Gasteiger partial charge in [0.05, 0.1) is 23.3 Å². The highest BCUT2D eigenvalue weighted by atomic mass is 32.2. The van der Waals surface area contributed by atoms with Crippen LogP contribution in [0.2, 0.25) is 0 Å². The van der Waals surface area contributed by atoms with Crippen molar-refractivity contribution in [3.05, 3.63) is 100.0 Å². The van der Waals surface area contributed by atoms with Crippen LogP contribution < -0.4 is 16.2 Å². The molecule has 14 heteroatoms. The third kappa shape index (κ3) is 8.99. The summed E-state index contributed by atoms with van der Waals surface area (Å²) < 4.78 is 37.1. The number of hydrogen-bond acceptors (Lipinski definition) is 9. The number of carboxylic acids is 1. The van der Waals surface area contributed by atoms with E-state index in [1.54, 1.807) is 75.5 Å². The van der Waals surface area contributed by atoms with E-state index >= 15 is 0 Å². The lowest BCUT2D eigenvalue weighted by Gasteiger charge is -2.25. The minimum Gasteiger partial charge on any atom is -0.479 e. The molecule has 13 nitrogen and oxygen atoms in total. The van der Waals surface area contributed by atoms with Gasteiger partial charge in [0, 0.05) is 36.4 Å². The third-order valence-electron chi connectivity index (χ3n) is 7.96. The zero-order chi connectivity index (χ0) is 36.2. The van der Waals surface area contributed by atoms with Crippen molar-refractivity contribution in [2.45, 2.75) is 68.4 Å². The molecule has 0 aliphatic heterocycles. The van der Waals surface area contributed by atoms with E-state index in [9.17, 15) is 32.7 Å². The van der Waals surface area contributed by atoms with E-state index in [1.807, 2.05) is 0 Å². The number of nitrogens with zero attached hydrogens (tertiary/aromatic N) is 1. The van der Waals surface area contributed by atoms with E-state index in [0.29, 0.717) is 47.2 Å². The number of carboxylic acid groups (broad SMARTS) is 1. The second kappa shape index (κ2) is 14.6. The number of aliphatic carboxylic acids is 1. The number of benzene rings is 3. The summed E-state index contributed by atoms with van der Waals surface area (Å²) in [7, 11) is -2.09. The Bertz CT molecular complexity index is 2070. The predicted molar refractivity (Wildman–Crippen MR) is 188 cm³/mol. The molecular formula is C36H40N4O9S. The van der Waals surface area contributed by atoms with Crippen molar-refractivity contribution in [1.29, 1.82) is 0 Å². The summed E-state index contributed by atoms with van der Waals surface area (Å²) in [4.78, 5) is 53.6. The summed E-state index contributed by atoms with van der Waals surface area (Å²) in [5, 5.41) is 16.2. The first-order valence-electron chi connectivity index (χ1n) is 16.0. The number of amides is 2. The van der Waals surface area contributed by atoms with Crippen molar-refractivity contribution in [3.63, 3.8) is 0 Å². The minimum atomic E-state index is -3.60. The molecular weight excluding hydrogens is 664 g/mol. The molecule has 5 rings (SSSR count). The molecule has 1 heterocycles. The van der Waals surface area contributed by atoms with Crippen LogP contribution >= 0.6 is 0 Å². The van der Waals surface area contributed by atoms with Crippen molar-refractivity contribution < 1.29 is 37.4 Å². The molecule has 1 aliphatic carbocycles. The number of rotatable bonds is 12. The summed E-state index contributed by atoms with van der Waals surface area (Å²) in [6.45, 7) is 5.16. The first-order valence-corrected chi connectivity index (χ1v) is 17.6.